The highest BCUT2D eigenvalue weighted by molar-refractivity contribution is 7.20. The molecule has 1 aromatic carbocycles. The van der Waals surface area contributed by atoms with Crippen molar-refractivity contribution >= 4 is 34.4 Å². The minimum atomic E-state index is -0.747. The molecule has 11 heteroatoms. The summed E-state index contributed by atoms with van der Waals surface area (Å²) >= 11 is 1.27. The summed E-state index contributed by atoms with van der Waals surface area (Å²) in [6.07, 6.45) is 1.08. The van der Waals surface area contributed by atoms with Crippen molar-refractivity contribution in [3.63, 3.8) is 0 Å². The van der Waals surface area contributed by atoms with Gasteiger partial charge in [0.2, 0.25) is 0 Å². The van der Waals surface area contributed by atoms with Crippen LogP contribution in [-0.2, 0) is 4.74 Å². The van der Waals surface area contributed by atoms with Gasteiger partial charge in [0.05, 0.1) is 5.56 Å². The number of hydrogen-bond donors (Lipinski definition) is 3. The number of urea groups is 1. The molecule has 214 valence electrons. The van der Waals surface area contributed by atoms with Gasteiger partial charge in [0, 0.05) is 30.6 Å². The second kappa shape index (κ2) is 13.7. The Kier molecular flexibility index (Phi) is 10.6. The van der Waals surface area contributed by atoms with Gasteiger partial charge in [0.15, 0.2) is 0 Å². The first-order valence-corrected chi connectivity index (χ1v) is 14.2. The van der Waals surface area contributed by atoms with Crippen molar-refractivity contribution in [2.75, 3.05) is 44.6 Å². The summed E-state index contributed by atoms with van der Waals surface area (Å²) in [4.78, 5) is 42.2. The van der Waals surface area contributed by atoms with Crippen molar-refractivity contribution < 1.29 is 23.9 Å². The lowest BCUT2D eigenvalue weighted by atomic mass is 10.1. The van der Waals surface area contributed by atoms with Gasteiger partial charge < -0.3 is 30.3 Å². The molecule has 1 saturated heterocycles. The van der Waals surface area contributed by atoms with Crippen LogP contribution in [0.15, 0.2) is 30.3 Å². The zero-order chi connectivity index (χ0) is 28.6. The second-order valence-corrected chi connectivity index (χ2v) is 11.5. The van der Waals surface area contributed by atoms with Crippen molar-refractivity contribution in [3.8, 4) is 16.2 Å². The predicted molar refractivity (Wildman–Crippen MR) is 155 cm³/mol. The van der Waals surface area contributed by atoms with Crippen LogP contribution < -0.4 is 21.1 Å². The molecule has 1 aliphatic heterocycles. The average Bonchev–Trinajstić information content (AvgIpc) is 3.29. The Morgan fingerprint density at radius 2 is 1.85 bits per heavy atom. The average molecular weight is 560 g/mol. The van der Waals surface area contributed by atoms with Gasteiger partial charge in [-0.05, 0) is 82.6 Å². The molecular weight excluding hydrogens is 518 g/mol. The Balaban J connectivity index is 1.69. The van der Waals surface area contributed by atoms with Crippen molar-refractivity contribution in [3.05, 3.63) is 35.9 Å². The fourth-order valence-electron chi connectivity index (χ4n) is 4.30. The Labute approximate surface area is 234 Å². The summed E-state index contributed by atoms with van der Waals surface area (Å²) in [6.45, 7) is 14.1. The Bertz CT molecular complexity index is 1120. The molecular formula is C28H41N5O5S. The molecule has 10 nitrogen and oxygen atoms in total. The fourth-order valence-corrected chi connectivity index (χ4v) is 5.37. The highest BCUT2D eigenvalue weighted by Crippen LogP contribution is 2.36. The molecule has 1 atom stereocenters. The molecule has 0 unspecified atom stereocenters. The summed E-state index contributed by atoms with van der Waals surface area (Å²) in [6, 6.07) is 8.40. The number of benzene rings is 1. The van der Waals surface area contributed by atoms with Crippen LogP contribution >= 0.6 is 11.3 Å². The van der Waals surface area contributed by atoms with Gasteiger partial charge in [-0.3, -0.25) is 10.1 Å². The van der Waals surface area contributed by atoms with Crippen LogP contribution in [0.5, 0.6) is 5.75 Å². The molecule has 1 fully saturated rings. The maximum Gasteiger partial charge on any atom is 0.410 e. The maximum absolute atomic E-state index is 13.3. The quantitative estimate of drug-likeness (QED) is 0.386. The Morgan fingerprint density at radius 1 is 1.15 bits per heavy atom. The molecule has 0 aliphatic carbocycles. The number of carbonyl (C=O) groups is 3. The molecule has 4 amide bonds. The predicted octanol–water partition coefficient (Wildman–Crippen LogP) is 4.76. The number of primary amides is 1. The number of nitrogens with one attached hydrogen (secondary N) is 2. The number of nitrogens with zero attached hydrogens (tertiary/aromatic N) is 2. The first-order chi connectivity index (χ1) is 18.5. The number of likely N-dealkylation sites (tertiary alicyclic amines) is 1. The topological polar surface area (TPSA) is 126 Å². The van der Waals surface area contributed by atoms with E-state index in [1.54, 1.807) is 11.0 Å². The van der Waals surface area contributed by atoms with Gasteiger partial charge in [-0.2, -0.15) is 0 Å². The van der Waals surface area contributed by atoms with Crippen molar-refractivity contribution in [1.82, 2.24) is 15.1 Å². The van der Waals surface area contributed by atoms with Crippen LogP contribution in [0.1, 0.15) is 57.8 Å². The van der Waals surface area contributed by atoms with Gasteiger partial charge in [0.25, 0.3) is 5.91 Å². The van der Waals surface area contributed by atoms with Gasteiger partial charge in [-0.15, -0.1) is 11.3 Å². The van der Waals surface area contributed by atoms with E-state index >= 15 is 0 Å². The van der Waals surface area contributed by atoms with Gasteiger partial charge in [0.1, 0.15) is 23.0 Å². The van der Waals surface area contributed by atoms with Crippen LogP contribution in [0, 0.1) is 0 Å². The number of anilines is 1. The second-order valence-electron chi connectivity index (χ2n) is 10.5. The summed E-state index contributed by atoms with van der Waals surface area (Å²) in [5.74, 6) is 0.427. The molecule has 0 bridgehead atoms. The number of likely N-dealkylation sites (N-methyl/N-ethyl adjacent to an activating group) is 1. The number of carbonyl (C=O) groups excluding carboxylic acids is 3. The molecule has 1 aromatic heterocycles. The molecule has 4 N–H and O–H groups in total. The number of thiophene rings is 1. The third kappa shape index (κ3) is 9.14. The van der Waals surface area contributed by atoms with E-state index in [0.717, 1.165) is 48.7 Å². The largest absolute Gasteiger partial charge is 0.492 e. The number of hydrogen-bond acceptors (Lipinski definition) is 7. The summed E-state index contributed by atoms with van der Waals surface area (Å²) in [5.41, 5.74) is 6.00. The van der Waals surface area contributed by atoms with Crippen LogP contribution in [0.2, 0.25) is 0 Å². The molecule has 3 rings (SSSR count). The number of ether oxygens (including phenoxy) is 2. The van der Waals surface area contributed by atoms with Gasteiger partial charge in [-0.25, -0.2) is 9.59 Å². The smallest absolute Gasteiger partial charge is 0.410 e. The minimum Gasteiger partial charge on any atom is -0.492 e. The number of nitrogens with two attached hydrogens (primary N) is 1. The van der Waals surface area contributed by atoms with E-state index < -0.39 is 17.7 Å². The molecule has 0 radical (unpaired) electrons. The third-order valence-corrected chi connectivity index (χ3v) is 7.43. The van der Waals surface area contributed by atoms with E-state index in [1.807, 2.05) is 45.0 Å². The summed E-state index contributed by atoms with van der Waals surface area (Å²) in [5, 5.41) is 5.96. The van der Waals surface area contributed by atoms with E-state index in [4.69, 9.17) is 15.2 Å². The van der Waals surface area contributed by atoms with Crippen LogP contribution in [0.25, 0.3) is 10.4 Å². The number of piperidine rings is 1. The minimum absolute atomic E-state index is 0.240. The normalized spacial score (nSPS) is 15.6. The summed E-state index contributed by atoms with van der Waals surface area (Å²) in [7, 11) is 0. The zero-order valence-corrected chi connectivity index (χ0v) is 24.4. The van der Waals surface area contributed by atoms with E-state index in [-0.39, 0.29) is 11.9 Å². The maximum atomic E-state index is 13.3. The SMILES string of the molecule is CCN(CC)CCOc1ccc(-c2cc(C(=O)N[C@@H]3CCCN(C(=O)OC(C)(C)C)C3)c(NC(N)=O)s2)cc1. The van der Waals surface area contributed by atoms with E-state index in [0.29, 0.717) is 30.3 Å². The standard InChI is InChI=1S/C28H41N5O5S/c1-6-32(7-2)15-16-37-21-12-10-19(11-13-21)23-17-22(25(39-23)31-26(29)35)24(34)30-20-9-8-14-33(18-20)27(36)38-28(3,4)5/h10-13,17,20H,6-9,14-16,18H2,1-5H3,(H,30,34)(H3,29,31,35)/t20-/m1/s1. The van der Waals surface area contributed by atoms with E-state index in [2.05, 4.69) is 29.4 Å². The number of amides is 4. The molecule has 1 aliphatic rings. The third-order valence-electron chi connectivity index (χ3n) is 6.33. The highest BCUT2D eigenvalue weighted by atomic mass is 32.1. The first-order valence-electron chi connectivity index (χ1n) is 13.4. The van der Waals surface area contributed by atoms with Crippen molar-refractivity contribution in [2.45, 2.75) is 59.1 Å². The molecule has 0 saturated carbocycles. The lowest BCUT2D eigenvalue weighted by Gasteiger charge is -2.34. The van der Waals surface area contributed by atoms with Crippen molar-refractivity contribution in [2.24, 2.45) is 5.73 Å². The lowest BCUT2D eigenvalue weighted by Crippen LogP contribution is -2.50. The van der Waals surface area contributed by atoms with E-state index in [1.165, 1.54) is 11.3 Å². The Hall–Kier alpha value is -3.31. The highest BCUT2D eigenvalue weighted by Gasteiger charge is 2.29. The van der Waals surface area contributed by atoms with Crippen LogP contribution in [0.4, 0.5) is 14.6 Å². The Morgan fingerprint density at radius 3 is 2.46 bits per heavy atom. The van der Waals surface area contributed by atoms with Crippen LogP contribution in [0.3, 0.4) is 0 Å². The van der Waals surface area contributed by atoms with Gasteiger partial charge in [-0.1, -0.05) is 13.8 Å². The van der Waals surface area contributed by atoms with E-state index in [9.17, 15) is 14.4 Å². The lowest BCUT2D eigenvalue weighted by molar-refractivity contribution is 0.0185. The summed E-state index contributed by atoms with van der Waals surface area (Å²) < 4.78 is 11.4. The van der Waals surface area contributed by atoms with Crippen molar-refractivity contribution in [1.29, 1.82) is 0 Å². The fraction of sp³-hybridized carbons (Fsp3) is 0.536. The molecule has 0 spiro atoms. The molecule has 2 heterocycles. The molecule has 39 heavy (non-hydrogen) atoms. The van der Waals surface area contributed by atoms with Gasteiger partial charge >= 0.3 is 12.1 Å². The monoisotopic (exact) mass is 559 g/mol. The first kappa shape index (κ1) is 30.2. The number of rotatable bonds is 10. The zero-order valence-electron chi connectivity index (χ0n) is 23.5. The molecule has 2 aromatic rings. The van der Waals surface area contributed by atoms with Crippen LogP contribution in [-0.4, -0.2) is 78.8 Å².